The Bertz CT molecular complexity index is 680. The van der Waals surface area contributed by atoms with Crippen molar-refractivity contribution in [3.8, 4) is 0 Å². The Morgan fingerprint density at radius 3 is 2.23 bits per heavy atom. The zero-order chi connectivity index (χ0) is 18.5. The maximum atomic E-state index is 12.7. The lowest BCUT2D eigenvalue weighted by Gasteiger charge is -2.34. The summed E-state index contributed by atoms with van der Waals surface area (Å²) in [4.78, 5) is 46.1. The number of ether oxygens (including phenoxy) is 1. The van der Waals surface area contributed by atoms with Gasteiger partial charge >= 0.3 is 6.09 Å². The molecule has 2 aliphatic heterocycles. The standard InChI is InChI=1S/C18H24N4O4/c1-2-26-18(25)22-11-9-21(10-12-22)16(23)14-5-6-19-15(13-14)17(24)20-7-3-4-8-20/h5-6,13H,2-4,7-12H2,1H3. The Labute approximate surface area is 152 Å². The second-order valence-corrected chi connectivity index (χ2v) is 6.41. The molecule has 3 rings (SSSR count). The predicted octanol–water partition coefficient (Wildman–Crippen LogP) is 1.23. The van der Waals surface area contributed by atoms with Crippen molar-refractivity contribution < 1.29 is 19.1 Å². The molecule has 0 N–H and O–H groups in total. The number of carbonyl (C=O) groups is 3. The molecule has 1 aromatic rings. The average molecular weight is 360 g/mol. The van der Waals surface area contributed by atoms with E-state index in [9.17, 15) is 14.4 Å². The SMILES string of the molecule is CCOC(=O)N1CCN(C(=O)c2ccnc(C(=O)N3CCCC3)c2)CC1. The molecule has 3 heterocycles. The number of amides is 3. The van der Waals surface area contributed by atoms with Crippen molar-refractivity contribution in [2.24, 2.45) is 0 Å². The van der Waals surface area contributed by atoms with Gasteiger partial charge in [0.2, 0.25) is 0 Å². The minimum absolute atomic E-state index is 0.121. The molecule has 0 aliphatic carbocycles. The zero-order valence-electron chi connectivity index (χ0n) is 15.0. The molecule has 0 bridgehead atoms. The number of likely N-dealkylation sites (tertiary alicyclic amines) is 1. The van der Waals surface area contributed by atoms with Crippen molar-refractivity contribution in [3.63, 3.8) is 0 Å². The van der Waals surface area contributed by atoms with Crippen molar-refractivity contribution in [3.05, 3.63) is 29.6 Å². The smallest absolute Gasteiger partial charge is 0.409 e. The number of hydrogen-bond donors (Lipinski definition) is 0. The highest BCUT2D eigenvalue weighted by Crippen LogP contribution is 2.14. The third-order valence-electron chi connectivity index (χ3n) is 4.71. The van der Waals surface area contributed by atoms with Crippen LogP contribution in [0.1, 0.15) is 40.6 Å². The van der Waals surface area contributed by atoms with E-state index < -0.39 is 0 Å². The molecule has 0 spiro atoms. The third-order valence-corrected chi connectivity index (χ3v) is 4.71. The van der Waals surface area contributed by atoms with E-state index in [1.165, 1.54) is 6.20 Å². The summed E-state index contributed by atoms with van der Waals surface area (Å²) >= 11 is 0. The van der Waals surface area contributed by atoms with Gasteiger partial charge < -0.3 is 19.4 Å². The Balaban J connectivity index is 1.62. The fraction of sp³-hybridized carbons (Fsp3) is 0.556. The molecule has 26 heavy (non-hydrogen) atoms. The van der Waals surface area contributed by atoms with Gasteiger partial charge in [0.15, 0.2) is 0 Å². The number of carbonyl (C=O) groups excluding carboxylic acids is 3. The van der Waals surface area contributed by atoms with E-state index in [0.29, 0.717) is 44.0 Å². The van der Waals surface area contributed by atoms with Crippen LogP contribution in [0.4, 0.5) is 4.79 Å². The molecule has 3 amide bonds. The summed E-state index contributed by atoms with van der Waals surface area (Å²) in [7, 11) is 0. The first kappa shape index (κ1) is 18.2. The van der Waals surface area contributed by atoms with Crippen molar-refractivity contribution in [1.82, 2.24) is 19.7 Å². The summed E-state index contributed by atoms with van der Waals surface area (Å²) in [6, 6.07) is 3.20. The van der Waals surface area contributed by atoms with Crippen molar-refractivity contribution in [1.29, 1.82) is 0 Å². The van der Waals surface area contributed by atoms with Gasteiger partial charge in [-0.2, -0.15) is 0 Å². The second kappa shape index (κ2) is 8.16. The Hall–Kier alpha value is -2.64. The minimum Gasteiger partial charge on any atom is -0.450 e. The number of nitrogens with zero attached hydrogens (tertiary/aromatic N) is 4. The fourth-order valence-corrected chi connectivity index (χ4v) is 3.25. The van der Waals surface area contributed by atoms with E-state index in [2.05, 4.69) is 4.98 Å². The molecule has 0 unspecified atom stereocenters. The lowest BCUT2D eigenvalue weighted by Crippen LogP contribution is -2.50. The fourth-order valence-electron chi connectivity index (χ4n) is 3.25. The molecule has 0 saturated carbocycles. The highest BCUT2D eigenvalue weighted by atomic mass is 16.6. The number of pyridine rings is 1. The highest BCUT2D eigenvalue weighted by Gasteiger charge is 2.27. The molecule has 8 nitrogen and oxygen atoms in total. The summed E-state index contributed by atoms with van der Waals surface area (Å²) in [5.74, 6) is -0.268. The zero-order valence-corrected chi connectivity index (χ0v) is 15.0. The van der Waals surface area contributed by atoms with Crippen LogP contribution in [0, 0.1) is 0 Å². The van der Waals surface area contributed by atoms with Crippen LogP contribution in [0.5, 0.6) is 0 Å². The Kier molecular flexibility index (Phi) is 5.70. The van der Waals surface area contributed by atoms with Gasteiger partial charge in [0.25, 0.3) is 11.8 Å². The van der Waals surface area contributed by atoms with E-state index in [0.717, 1.165) is 25.9 Å². The third kappa shape index (κ3) is 3.95. The van der Waals surface area contributed by atoms with Gasteiger partial charge in [-0.05, 0) is 31.9 Å². The van der Waals surface area contributed by atoms with Crippen molar-refractivity contribution in [2.45, 2.75) is 19.8 Å². The first-order valence-electron chi connectivity index (χ1n) is 9.06. The summed E-state index contributed by atoms with van der Waals surface area (Å²) in [5.41, 5.74) is 0.759. The van der Waals surface area contributed by atoms with E-state index in [-0.39, 0.29) is 17.9 Å². The number of rotatable bonds is 3. The normalized spacial score (nSPS) is 17.3. The molecule has 8 heteroatoms. The van der Waals surface area contributed by atoms with E-state index in [4.69, 9.17) is 4.74 Å². The maximum absolute atomic E-state index is 12.7. The summed E-state index contributed by atoms with van der Waals surface area (Å²) < 4.78 is 4.99. The molecule has 2 saturated heterocycles. The Morgan fingerprint density at radius 1 is 0.962 bits per heavy atom. The predicted molar refractivity (Wildman–Crippen MR) is 93.9 cm³/mol. The van der Waals surface area contributed by atoms with Gasteiger partial charge in [-0.25, -0.2) is 4.79 Å². The number of hydrogen-bond acceptors (Lipinski definition) is 5. The molecule has 0 atom stereocenters. The Morgan fingerprint density at radius 2 is 1.58 bits per heavy atom. The molecule has 2 fully saturated rings. The minimum atomic E-state index is -0.345. The van der Waals surface area contributed by atoms with E-state index >= 15 is 0 Å². The summed E-state index contributed by atoms with van der Waals surface area (Å²) in [5, 5.41) is 0. The van der Waals surface area contributed by atoms with E-state index in [1.807, 2.05) is 0 Å². The van der Waals surface area contributed by atoms with Gasteiger partial charge in [0, 0.05) is 51.0 Å². The first-order valence-corrected chi connectivity index (χ1v) is 9.06. The topological polar surface area (TPSA) is 83.0 Å². The number of aromatic nitrogens is 1. The maximum Gasteiger partial charge on any atom is 0.409 e. The molecule has 1 aromatic heterocycles. The van der Waals surface area contributed by atoms with Crippen LogP contribution in [0.3, 0.4) is 0 Å². The molecule has 0 radical (unpaired) electrons. The lowest BCUT2D eigenvalue weighted by atomic mass is 10.1. The van der Waals surface area contributed by atoms with Gasteiger partial charge in [0.05, 0.1) is 6.61 Å². The molecular weight excluding hydrogens is 336 g/mol. The van der Waals surface area contributed by atoms with Crippen molar-refractivity contribution in [2.75, 3.05) is 45.9 Å². The monoisotopic (exact) mass is 360 g/mol. The highest BCUT2D eigenvalue weighted by molar-refractivity contribution is 5.98. The van der Waals surface area contributed by atoms with Crippen LogP contribution in [0.2, 0.25) is 0 Å². The molecule has 140 valence electrons. The molecular formula is C18H24N4O4. The van der Waals surface area contributed by atoms with Gasteiger partial charge in [-0.1, -0.05) is 0 Å². The van der Waals surface area contributed by atoms with Gasteiger partial charge in [-0.3, -0.25) is 14.6 Å². The van der Waals surface area contributed by atoms with Crippen LogP contribution in [0.15, 0.2) is 18.3 Å². The van der Waals surface area contributed by atoms with Crippen LogP contribution in [0.25, 0.3) is 0 Å². The van der Waals surface area contributed by atoms with Gasteiger partial charge in [-0.15, -0.1) is 0 Å². The summed E-state index contributed by atoms with van der Waals surface area (Å²) in [6.07, 6.45) is 3.18. The largest absolute Gasteiger partial charge is 0.450 e. The van der Waals surface area contributed by atoms with Gasteiger partial charge in [0.1, 0.15) is 5.69 Å². The second-order valence-electron chi connectivity index (χ2n) is 6.41. The van der Waals surface area contributed by atoms with Crippen LogP contribution < -0.4 is 0 Å². The molecule has 2 aliphatic rings. The number of piperazine rings is 1. The van der Waals surface area contributed by atoms with E-state index in [1.54, 1.807) is 33.8 Å². The van der Waals surface area contributed by atoms with Crippen LogP contribution >= 0.6 is 0 Å². The molecule has 0 aromatic carbocycles. The van der Waals surface area contributed by atoms with Crippen molar-refractivity contribution >= 4 is 17.9 Å². The lowest BCUT2D eigenvalue weighted by molar-refractivity contribution is 0.0570. The average Bonchev–Trinajstić information content (AvgIpc) is 3.22. The summed E-state index contributed by atoms with van der Waals surface area (Å²) in [6.45, 7) is 5.35. The van der Waals surface area contributed by atoms with Crippen LogP contribution in [-0.2, 0) is 4.74 Å². The first-order chi connectivity index (χ1) is 12.6. The van der Waals surface area contributed by atoms with Crippen LogP contribution in [-0.4, -0.2) is 83.5 Å². The quantitative estimate of drug-likeness (QED) is 0.810.